The van der Waals surface area contributed by atoms with Crippen LogP contribution >= 0.6 is 0 Å². The first-order valence-corrected chi connectivity index (χ1v) is 34.3. The summed E-state index contributed by atoms with van der Waals surface area (Å²) in [5.74, 6) is -0.269. The molecule has 0 bridgehead atoms. The van der Waals surface area contributed by atoms with Crippen molar-refractivity contribution in [3.8, 4) is 0 Å². The molecular formula is C73H123NO13. The predicted molar refractivity (Wildman–Crippen MR) is 355 cm³/mol. The van der Waals surface area contributed by atoms with Crippen molar-refractivity contribution in [2.24, 2.45) is 0 Å². The molecule has 2 aliphatic heterocycles. The number of amides is 1. The molecule has 12 atom stereocenters. The number of allylic oxidation sites excluding steroid dienone is 19. The highest BCUT2D eigenvalue weighted by Crippen LogP contribution is 2.30. The standard InChI is InChI=1S/C73H123NO13/c1-3-5-7-9-11-13-15-17-19-21-23-25-27-29-30-31-32-33-35-37-39-41-43-45-47-49-51-53-55-57-65(78)74-61(60-84-72-70(83)68(81)71(64(59-76)86-72)87-73-69(82)67(80)66(79)63(58-75)85-73)62(77)56-54-52-50-48-46-44-42-40-38-36-34-28-26-24-22-20-18-16-14-12-10-8-6-4-2/h5,7,11,13,17,19,23,25,29-30,32-33,37-40,46,48,54,56,61-64,66-73,75-77,79-83H,3-4,6,8-10,12,14-16,18,20-22,24,26-28,31,34-36,41-45,47,49-53,55,57-60H2,1-2H3,(H,74,78)/b7-5-,13-11-,19-17-,25-23-,30-29-,33-32-,39-37-,40-38+,48-46+,56-54+. The Hall–Kier alpha value is -3.61. The van der Waals surface area contributed by atoms with Crippen molar-refractivity contribution in [1.82, 2.24) is 5.32 Å². The minimum absolute atomic E-state index is 0.249. The maximum absolute atomic E-state index is 13.3. The molecule has 1 amide bonds. The van der Waals surface area contributed by atoms with Crippen molar-refractivity contribution in [2.45, 2.75) is 312 Å². The van der Waals surface area contributed by atoms with Gasteiger partial charge in [-0.2, -0.15) is 0 Å². The number of carbonyl (C=O) groups is 1. The monoisotopic (exact) mass is 1220 g/mol. The highest BCUT2D eigenvalue weighted by molar-refractivity contribution is 5.76. The summed E-state index contributed by atoms with van der Waals surface area (Å²) in [5, 5.41) is 87.4. The van der Waals surface area contributed by atoms with Crippen LogP contribution in [0.15, 0.2) is 122 Å². The van der Waals surface area contributed by atoms with Crippen molar-refractivity contribution in [2.75, 3.05) is 19.8 Å². The Labute approximate surface area is 527 Å². The van der Waals surface area contributed by atoms with Gasteiger partial charge in [-0.15, -0.1) is 0 Å². The van der Waals surface area contributed by atoms with Crippen LogP contribution in [0.2, 0.25) is 0 Å². The first-order valence-electron chi connectivity index (χ1n) is 34.3. The second-order valence-corrected chi connectivity index (χ2v) is 23.5. The van der Waals surface area contributed by atoms with E-state index in [2.05, 4.69) is 129 Å². The Bertz CT molecular complexity index is 1920. The van der Waals surface area contributed by atoms with Crippen molar-refractivity contribution in [3.05, 3.63) is 122 Å². The van der Waals surface area contributed by atoms with E-state index in [1.807, 2.05) is 6.08 Å². The van der Waals surface area contributed by atoms with E-state index < -0.39 is 86.8 Å². The van der Waals surface area contributed by atoms with Gasteiger partial charge in [0.2, 0.25) is 5.91 Å². The SMILES string of the molecule is CC/C=C\C/C=C\C/C=C\C/C=C\C/C=C\C/C=C\C/C=C\CCCCCCCCCC(=O)NC(COC1OC(CO)C(OC2OC(CO)C(O)C(O)C2O)C(O)C1O)C(O)/C=C/CC/C=C/CC/C=C/CCCCCCCCCCCCCCCC. The number of unbranched alkanes of at least 4 members (excludes halogenated alkanes) is 23. The number of hydrogen-bond donors (Lipinski definition) is 9. The Morgan fingerprint density at radius 3 is 1.26 bits per heavy atom. The summed E-state index contributed by atoms with van der Waals surface area (Å²) in [7, 11) is 0. The van der Waals surface area contributed by atoms with E-state index in [0.29, 0.717) is 12.8 Å². The summed E-state index contributed by atoms with van der Waals surface area (Å²) >= 11 is 0. The van der Waals surface area contributed by atoms with E-state index in [-0.39, 0.29) is 18.9 Å². The lowest BCUT2D eigenvalue weighted by Crippen LogP contribution is -2.65. The van der Waals surface area contributed by atoms with Gasteiger partial charge in [0.15, 0.2) is 12.6 Å². The van der Waals surface area contributed by atoms with Crippen LogP contribution in [0.1, 0.15) is 239 Å². The fourth-order valence-corrected chi connectivity index (χ4v) is 10.4. The van der Waals surface area contributed by atoms with Gasteiger partial charge in [0.05, 0.1) is 32.0 Å². The molecule has 498 valence electrons. The van der Waals surface area contributed by atoms with Crippen molar-refractivity contribution in [1.29, 1.82) is 0 Å². The number of rotatable bonds is 54. The van der Waals surface area contributed by atoms with Gasteiger partial charge in [0, 0.05) is 6.42 Å². The van der Waals surface area contributed by atoms with E-state index in [0.717, 1.165) is 116 Å². The summed E-state index contributed by atoms with van der Waals surface area (Å²) in [4.78, 5) is 13.3. The van der Waals surface area contributed by atoms with Gasteiger partial charge in [0.25, 0.3) is 0 Å². The Kier molecular flexibility index (Phi) is 51.5. The molecule has 14 heteroatoms. The zero-order chi connectivity index (χ0) is 63.1. The average molecular weight is 1220 g/mol. The van der Waals surface area contributed by atoms with Gasteiger partial charge in [-0.3, -0.25) is 4.79 Å². The quantitative estimate of drug-likeness (QED) is 0.0204. The Morgan fingerprint density at radius 1 is 0.425 bits per heavy atom. The second kappa shape index (κ2) is 56.4. The first-order chi connectivity index (χ1) is 42.6. The van der Waals surface area contributed by atoms with E-state index in [9.17, 15) is 45.6 Å². The fourth-order valence-electron chi connectivity index (χ4n) is 10.4. The Balaban J connectivity index is 1.74. The zero-order valence-corrected chi connectivity index (χ0v) is 54.0. The van der Waals surface area contributed by atoms with E-state index in [1.165, 1.54) is 89.9 Å². The zero-order valence-electron chi connectivity index (χ0n) is 54.0. The number of aliphatic hydroxyl groups excluding tert-OH is 8. The molecule has 9 N–H and O–H groups in total. The molecule has 0 saturated carbocycles. The number of carbonyl (C=O) groups excluding carboxylic acids is 1. The minimum atomic E-state index is -1.80. The molecule has 2 aliphatic rings. The number of hydrogen-bond acceptors (Lipinski definition) is 13. The van der Waals surface area contributed by atoms with Crippen LogP contribution < -0.4 is 5.32 Å². The van der Waals surface area contributed by atoms with Crippen LogP contribution in [-0.4, -0.2) is 140 Å². The van der Waals surface area contributed by atoms with Crippen LogP contribution in [0.3, 0.4) is 0 Å². The predicted octanol–water partition coefficient (Wildman–Crippen LogP) is 13.7. The molecular weight excluding hydrogens is 1100 g/mol. The van der Waals surface area contributed by atoms with Gasteiger partial charge in [-0.05, 0) is 103 Å². The molecule has 0 aromatic heterocycles. The van der Waals surface area contributed by atoms with Gasteiger partial charge in [0.1, 0.15) is 48.8 Å². The summed E-state index contributed by atoms with van der Waals surface area (Å²) in [5.41, 5.74) is 0. The number of aliphatic hydroxyl groups is 8. The molecule has 0 radical (unpaired) electrons. The molecule has 2 fully saturated rings. The highest BCUT2D eigenvalue weighted by Gasteiger charge is 2.51. The van der Waals surface area contributed by atoms with Crippen LogP contribution in [0.25, 0.3) is 0 Å². The fraction of sp³-hybridized carbons (Fsp3) is 0.712. The molecule has 0 spiro atoms. The van der Waals surface area contributed by atoms with Crippen LogP contribution in [0.4, 0.5) is 0 Å². The van der Waals surface area contributed by atoms with Gasteiger partial charge in [-0.25, -0.2) is 0 Å². The highest BCUT2D eigenvalue weighted by atomic mass is 16.7. The second-order valence-electron chi connectivity index (χ2n) is 23.5. The van der Waals surface area contributed by atoms with Crippen molar-refractivity contribution in [3.63, 3.8) is 0 Å². The van der Waals surface area contributed by atoms with Crippen LogP contribution in [0, 0.1) is 0 Å². The first kappa shape index (κ1) is 79.5. The lowest BCUT2D eigenvalue weighted by atomic mass is 9.97. The average Bonchev–Trinajstić information content (AvgIpc) is 1.55. The Morgan fingerprint density at radius 2 is 0.805 bits per heavy atom. The summed E-state index contributed by atoms with van der Waals surface area (Å²) < 4.78 is 22.8. The third-order valence-electron chi connectivity index (χ3n) is 15.9. The van der Waals surface area contributed by atoms with Gasteiger partial charge >= 0.3 is 0 Å². The largest absolute Gasteiger partial charge is 0.394 e. The maximum Gasteiger partial charge on any atom is 0.220 e. The molecule has 14 nitrogen and oxygen atoms in total. The minimum Gasteiger partial charge on any atom is -0.394 e. The molecule has 2 rings (SSSR count). The van der Waals surface area contributed by atoms with Crippen molar-refractivity contribution >= 4 is 5.91 Å². The van der Waals surface area contributed by atoms with E-state index >= 15 is 0 Å². The molecule has 0 aromatic rings. The smallest absolute Gasteiger partial charge is 0.220 e. The molecule has 2 heterocycles. The lowest BCUT2D eigenvalue weighted by Gasteiger charge is -2.46. The van der Waals surface area contributed by atoms with E-state index in [1.54, 1.807) is 6.08 Å². The van der Waals surface area contributed by atoms with Crippen LogP contribution in [-0.2, 0) is 23.7 Å². The lowest BCUT2D eigenvalue weighted by molar-refractivity contribution is -0.359. The normalized spacial score (nSPS) is 24.1. The molecule has 2 saturated heterocycles. The number of ether oxygens (including phenoxy) is 4. The third-order valence-corrected chi connectivity index (χ3v) is 15.9. The summed E-state index contributed by atoms with van der Waals surface area (Å²) in [6, 6.07) is -0.955. The molecule has 0 aromatic carbocycles. The van der Waals surface area contributed by atoms with Crippen molar-refractivity contribution < 1.29 is 64.6 Å². The third kappa shape index (κ3) is 40.7. The summed E-state index contributed by atoms with van der Waals surface area (Å²) in [6.45, 7) is 2.66. The van der Waals surface area contributed by atoms with Gasteiger partial charge in [-0.1, -0.05) is 251 Å². The topological polar surface area (TPSA) is 228 Å². The molecule has 0 aliphatic carbocycles. The van der Waals surface area contributed by atoms with Gasteiger partial charge < -0.3 is 65.1 Å². The number of nitrogens with one attached hydrogen (secondary N) is 1. The molecule has 87 heavy (non-hydrogen) atoms. The van der Waals surface area contributed by atoms with Crippen LogP contribution in [0.5, 0.6) is 0 Å². The van der Waals surface area contributed by atoms with E-state index in [4.69, 9.17) is 18.9 Å². The molecule has 12 unspecified atom stereocenters. The maximum atomic E-state index is 13.3. The summed E-state index contributed by atoms with van der Waals surface area (Å²) in [6.07, 6.45) is 65.2.